The smallest absolute Gasteiger partial charge is 0.246 e. The molecule has 1 fully saturated rings. The minimum atomic E-state index is -0.899. The molecule has 1 saturated heterocycles. The lowest BCUT2D eigenvalue weighted by Crippen LogP contribution is -2.66. The first kappa shape index (κ1) is 15.9. The van der Waals surface area contributed by atoms with Gasteiger partial charge in [-0.1, -0.05) is 29.8 Å². The van der Waals surface area contributed by atoms with E-state index in [0.29, 0.717) is 18.4 Å². The van der Waals surface area contributed by atoms with Crippen molar-refractivity contribution in [3.8, 4) is 0 Å². The lowest BCUT2D eigenvalue weighted by atomic mass is 9.87. The fourth-order valence-electron chi connectivity index (χ4n) is 2.80. The van der Waals surface area contributed by atoms with Gasteiger partial charge in [-0.3, -0.25) is 9.59 Å². The number of hydrogen-bond donors (Lipinski definition) is 1. The van der Waals surface area contributed by atoms with Crippen LogP contribution >= 0.6 is 15.9 Å². The summed E-state index contributed by atoms with van der Waals surface area (Å²) in [5, 5.41) is 2.63. The molecule has 1 N–H and O–H groups in total. The quantitative estimate of drug-likeness (QED) is 0.901. The van der Waals surface area contributed by atoms with E-state index < -0.39 is 5.54 Å². The zero-order valence-electron chi connectivity index (χ0n) is 12.1. The molecule has 1 aliphatic heterocycles. The topological polar surface area (TPSA) is 49.4 Å². The van der Waals surface area contributed by atoms with Gasteiger partial charge >= 0.3 is 0 Å². The van der Waals surface area contributed by atoms with Crippen LogP contribution in [0.4, 0.5) is 4.39 Å². The highest BCUT2D eigenvalue weighted by Crippen LogP contribution is 2.30. The molecule has 1 heterocycles. The highest BCUT2D eigenvalue weighted by atomic mass is 79.9. The molecule has 0 saturated carbocycles. The van der Waals surface area contributed by atoms with Crippen LogP contribution in [0.25, 0.3) is 0 Å². The van der Waals surface area contributed by atoms with E-state index in [-0.39, 0.29) is 30.7 Å². The Hall–Kier alpha value is -1.43. The zero-order chi connectivity index (χ0) is 15.6. The van der Waals surface area contributed by atoms with E-state index in [1.165, 1.54) is 11.0 Å². The number of carbonyl (C=O) groups is 2. The lowest BCUT2D eigenvalue weighted by molar-refractivity contribution is -0.155. The summed E-state index contributed by atoms with van der Waals surface area (Å²) in [6, 6.07) is 4.61. The molecule has 21 heavy (non-hydrogen) atoms. The van der Waals surface area contributed by atoms with Crippen molar-refractivity contribution >= 4 is 27.7 Å². The predicted molar refractivity (Wildman–Crippen MR) is 81.0 cm³/mol. The van der Waals surface area contributed by atoms with E-state index in [9.17, 15) is 14.0 Å². The molecule has 0 aromatic heterocycles. The molecular weight excluding hydrogens is 339 g/mol. The first-order chi connectivity index (χ1) is 9.94. The number of amides is 2. The zero-order valence-corrected chi connectivity index (χ0v) is 13.7. The third kappa shape index (κ3) is 2.81. The van der Waals surface area contributed by atoms with E-state index in [4.69, 9.17) is 0 Å². The predicted octanol–water partition coefficient (Wildman–Crippen LogP) is 2.61. The molecule has 0 atom stereocenters. The Morgan fingerprint density at radius 1 is 1.33 bits per heavy atom. The third-order valence-corrected chi connectivity index (χ3v) is 4.64. The molecule has 1 aromatic carbocycles. The summed E-state index contributed by atoms with van der Waals surface area (Å²) in [6.07, 6.45) is 0.993. The van der Waals surface area contributed by atoms with Crippen molar-refractivity contribution in [1.29, 1.82) is 0 Å². The van der Waals surface area contributed by atoms with Crippen molar-refractivity contribution in [2.45, 2.75) is 38.8 Å². The molecule has 1 aromatic rings. The van der Waals surface area contributed by atoms with E-state index in [1.807, 2.05) is 13.8 Å². The van der Waals surface area contributed by atoms with Crippen molar-refractivity contribution in [1.82, 2.24) is 10.2 Å². The van der Waals surface area contributed by atoms with Crippen LogP contribution in [0.15, 0.2) is 22.7 Å². The van der Waals surface area contributed by atoms with Gasteiger partial charge in [-0.25, -0.2) is 4.39 Å². The van der Waals surface area contributed by atoms with Crippen molar-refractivity contribution < 1.29 is 14.0 Å². The van der Waals surface area contributed by atoms with Gasteiger partial charge in [-0.05, 0) is 31.0 Å². The first-order valence-corrected chi connectivity index (χ1v) is 7.76. The molecule has 6 heteroatoms. The molecule has 1 aliphatic rings. The van der Waals surface area contributed by atoms with Crippen LogP contribution in [0.1, 0.15) is 32.3 Å². The van der Waals surface area contributed by atoms with Gasteiger partial charge in [0.15, 0.2) is 0 Å². The van der Waals surface area contributed by atoms with Crippen LogP contribution in [-0.4, -0.2) is 28.8 Å². The number of nitrogens with zero attached hydrogens (tertiary/aromatic N) is 1. The van der Waals surface area contributed by atoms with Gasteiger partial charge in [0, 0.05) is 16.6 Å². The summed E-state index contributed by atoms with van der Waals surface area (Å²) < 4.78 is 14.7. The van der Waals surface area contributed by atoms with Gasteiger partial charge in [-0.2, -0.15) is 0 Å². The third-order valence-electron chi connectivity index (χ3n) is 4.15. The molecule has 4 nitrogen and oxygen atoms in total. The summed E-state index contributed by atoms with van der Waals surface area (Å²) >= 11 is 3.30. The van der Waals surface area contributed by atoms with Gasteiger partial charge < -0.3 is 10.2 Å². The number of piperazine rings is 1. The highest BCUT2D eigenvalue weighted by Gasteiger charge is 2.46. The summed E-state index contributed by atoms with van der Waals surface area (Å²) in [5.74, 6) is -0.724. The van der Waals surface area contributed by atoms with Crippen molar-refractivity contribution in [3.63, 3.8) is 0 Å². The van der Waals surface area contributed by atoms with Gasteiger partial charge in [0.25, 0.3) is 0 Å². The minimum Gasteiger partial charge on any atom is -0.345 e. The molecule has 0 unspecified atom stereocenters. The number of halogens is 2. The van der Waals surface area contributed by atoms with Gasteiger partial charge in [-0.15, -0.1) is 0 Å². The second-order valence-corrected chi connectivity index (χ2v) is 6.05. The van der Waals surface area contributed by atoms with Crippen LogP contribution < -0.4 is 5.32 Å². The van der Waals surface area contributed by atoms with Crippen molar-refractivity contribution in [2.75, 3.05) is 6.54 Å². The number of hydrogen-bond acceptors (Lipinski definition) is 2. The Morgan fingerprint density at radius 2 is 2.00 bits per heavy atom. The largest absolute Gasteiger partial charge is 0.345 e. The summed E-state index contributed by atoms with van der Waals surface area (Å²) in [5.41, 5.74) is -0.497. The van der Waals surface area contributed by atoms with Gasteiger partial charge in [0.2, 0.25) is 11.8 Å². The number of nitrogens with one attached hydrogen (secondary N) is 1. The Labute approximate surface area is 131 Å². The van der Waals surface area contributed by atoms with Crippen LogP contribution in [0, 0.1) is 5.82 Å². The molecule has 2 amide bonds. The Balaban J connectivity index is 2.40. The minimum absolute atomic E-state index is 0.0315. The Kier molecular flexibility index (Phi) is 4.66. The molecule has 114 valence electrons. The second kappa shape index (κ2) is 6.13. The van der Waals surface area contributed by atoms with Crippen LogP contribution in [-0.2, 0) is 16.1 Å². The summed E-state index contributed by atoms with van der Waals surface area (Å²) in [7, 11) is 0. The Bertz CT molecular complexity index is 573. The van der Waals surface area contributed by atoms with Crippen molar-refractivity contribution in [2.24, 2.45) is 0 Å². The Morgan fingerprint density at radius 3 is 2.62 bits per heavy atom. The standard InChI is InChI=1S/C15H18BrFN2O2/c1-3-15(4-2)14(21)18-8-13(20)19(15)9-10-7-11(16)5-6-12(10)17/h5-7H,3-4,8-9H2,1-2H3,(H,18,21). The number of rotatable bonds is 4. The molecular formula is C15H18BrFN2O2. The van der Waals surface area contributed by atoms with Crippen LogP contribution in [0.2, 0.25) is 0 Å². The molecule has 2 rings (SSSR count). The highest BCUT2D eigenvalue weighted by molar-refractivity contribution is 9.10. The molecule has 0 aliphatic carbocycles. The molecule has 0 radical (unpaired) electrons. The fourth-order valence-corrected chi connectivity index (χ4v) is 3.21. The van der Waals surface area contributed by atoms with Crippen LogP contribution in [0.3, 0.4) is 0 Å². The normalized spacial score (nSPS) is 17.8. The average Bonchev–Trinajstić information content (AvgIpc) is 2.47. The maximum atomic E-state index is 13.9. The van der Waals surface area contributed by atoms with Crippen molar-refractivity contribution in [3.05, 3.63) is 34.1 Å². The van der Waals surface area contributed by atoms with E-state index >= 15 is 0 Å². The number of benzene rings is 1. The fraction of sp³-hybridized carbons (Fsp3) is 0.467. The average molecular weight is 357 g/mol. The second-order valence-electron chi connectivity index (χ2n) is 5.14. The molecule has 0 bridgehead atoms. The lowest BCUT2D eigenvalue weighted by Gasteiger charge is -2.45. The van der Waals surface area contributed by atoms with E-state index in [0.717, 1.165) is 4.47 Å². The maximum absolute atomic E-state index is 13.9. The summed E-state index contributed by atoms with van der Waals surface area (Å²) in [6.45, 7) is 3.80. The first-order valence-electron chi connectivity index (χ1n) is 6.97. The molecule has 0 spiro atoms. The number of carbonyl (C=O) groups excluding carboxylic acids is 2. The monoisotopic (exact) mass is 356 g/mol. The summed E-state index contributed by atoms with van der Waals surface area (Å²) in [4.78, 5) is 26.0. The SMILES string of the molecule is CCC1(CC)C(=O)NCC(=O)N1Cc1cc(Br)ccc1F. The van der Waals surface area contributed by atoms with Crippen LogP contribution in [0.5, 0.6) is 0 Å². The van der Waals surface area contributed by atoms with Gasteiger partial charge in [0.1, 0.15) is 11.4 Å². The van der Waals surface area contributed by atoms with E-state index in [1.54, 1.807) is 12.1 Å². The maximum Gasteiger partial charge on any atom is 0.246 e. The van der Waals surface area contributed by atoms with Gasteiger partial charge in [0.05, 0.1) is 6.54 Å². The van der Waals surface area contributed by atoms with E-state index in [2.05, 4.69) is 21.2 Å².